The van der Waals surface area contributed by atoms with Crippen molar-refractivity contribution < 1.29 is 18.0 Å². The van der Waals surface area contributed by atoms with Gasteiger partial charge in [0.2, 0.25) is 5.91 Å². The van der Waals surface area contributed by atoms with Gasteiger partial charge in [-0.15, -0.1) is 0 Å². The van der Waals surface area contributed by atoms with E-state index in [9.17, 15) is 18.0 Å². The molecule has 0 heterocycles. The molecule has 0 radical (unpaired) electrons. The van der Waals surface area contributed by atoms with Crippen LogP contribution in [-0.4, -0.2) is 12.5 Å². The quantitative estimate of drug-likeness (QED) is 0.890. The number of anilines is 1. The molecule has 2 rings (SSSR count). The molecule has 0 spiro atoms. The Morgan fingerprint density at radius 1 is 1.00 bits per heavy atom. The third-order valence-electron chi connectivity index (χ3n) is 2.80. The van der Waals surface area contributed by atoms with Gasteiger partial charge in [0.25, 0.3) is 0 Å². The van der Waals surface area contributed by atoms with Gasteiger partial charge in [0, 0.05) is 12.1 Å². The zero-order valence-corrected chi connectivity index (χ0v) is 11.0. The summed E-state index contributed by atoms with van der Waals surface area (Å²) in [5.41, 5.74) is 0.249. The molecule has 3 nitrogen and oxygen atoms in total. The third kappa shape index (κ3) is 4.24. The van der Waals surface area contributed by atoms with E-state index in [1.54, 1.807) is 18.2 Å². The van der Waals surface area contributed by atoms with Crippen molar-refractivity contribution in [2.45, 2.75) is 6.54 Å². The van der Waals surface area contributed by atoms with Crippen LogP contribution >= 0.6 is 0 Å². The first-order valence-corrected chi connectivity index (χ1v) is 6.25. The highest BCUT2D eigenvalue weighted by atomic mass is 19.1. The number of carbonyl (C=O) groups is 1. The molecule has 1 amide bonds. The van der Waals surface area contributed by atoms with E-state index in [1.165, 1.54) is 6.07 Å². The van der Waals surface area contributed by atoms with Crippen LogP contribution in [0, 0.1) is 17.5 Å². The molecule has 0 saturated heterocycles. The van der Waals surface area contributed by atoms with Crippen LogP contribution in [0.4, 0.5) is 18.9 Å². The summed E-state index contributed by atoms with van der Waals surface area (Å²) >= 11 is 0. The van der Waals surface area contributed by atoms with Gasteiger partial charge in [0.15, 0.2) is 0 Å². The third-order valence-corrected chi connectivity index (χ3v) is 2.80. The Bertz CT molecular complexity index is 647. The summed E-state index contributed by atoms with van der Waals surface area (Å²) in [4.78, 5) is 11.6. The molecule has 0 saturated carbocycles. The van der Waals surface area contributed by atoms with E-state index in [0.29, 0.717) is 5.56 Å². The highest BCUT2D eigenvalue weighted by molar-refractivity contribution is 5.80. The Labute approximate surface area is 119 Å². The Morgan fingerprint density at radius 3 is 2.52 bits per heavy atom. The van der Waals surface area contributed by atoms with Crippen molar-refractivity contribution in [1.29, 1.82) is 0 Å². The van der Waals surface area contributed by atoms with Crippen molar-refractivity contribution in [3.8, 4) is 0 Å². The van der Waals surface area contributed by atoms with Crippen LogP contribution in [-0.2, 0) is 11.3 Å². The second kappa shape index (κ2) is 6.78. The minimum atomic E-state index is -0.654. The molecule has 0 fully saturated rings. The largest absolute Gasteiger partial charge is 0.374 e. The van der Waals surface area contributed by atoms with Crippen molar-refractivity contribution in [2.75, 3.05) is 11.9 Å². The molecule has 110 valence electrons. The topological polar surface area (TPSA) is 41.1 Å². The van der Waals surface area contributed by atoms with Crippen molar-refractivity contribution in [1.82, 2.24) is 5.32 Å². The standard InChI is InChI=1S/C15H13F3N2O/c16-11-5-6-13(18)14(7-11)19-9-15(21)20-8-10-3-1-2-4-12(10)17/h1-7,19H,8-9H2,(H,20,21). The van der Waals surface area contributed by atoms with Gasteiger partial charge in [-0.1, -0.05) is 18.2 Å². The predicted octanol–water partition coefficient (Wildman–Crippen LogP) is 2.83. The summed E-state index contributed by atoms with van der Waals surface area (Å²) in [5, 5.41) is 4.97. The zero-order valence-electron chi connectivity index (χ0n) is 11.0. The van der Waals surface area contributed by atoms with E-state index in [2.05, 4.69) is 10.6 Å². The molecule has 0 aliphatic rings. The molecule has 0 unspecified atom stereocenters. The fourth-order valence-corrected chi connectivity index (χ4v) is 1.71. The number of benzene rings is 2. The van der Waals surface area contributed by atoms with Gasteiger partial charge in [0.05, 0.1) is 12.2 Å². The molecular formula is C15H13F3N2O. The molecule has 0 aliphatic carbocycles. The summed E-state index contributed by atoms with van der Waals surface area (Å²) in [6.07, 6.45) is 0. The fraction of sp³-hybridized carbons (Fsp3) is 0.133. The van der Waals surface area contributed by atoms with Crippen LogP contribution in [0.2, 0.25) is 0 Å². The van der Waals surface area contributed by atoms with E-state index in [0.717, 1.165) is 18.2 Å². The van der Waals surface area contributed by atoms with Gasteiger partial charge in [0.1, 0.15) is 17.5 Å². The first kappa shape index (κ1) is 14.9. The van der Waals surface area contributed by atoms with Crippen LogP contribution in [0.3, 0.4) is 0 Å². The van der Waals surface area contributed by atoms with Crippen molar-refractivity contribution in [3.63, 3.8) is 0 Å². The van der Waals surface area contributed by atoms with Crippen LogP contribution < -0.4 is 10.6 Å². The summed E-state index contributed by atoms with van der Waals surface area (Å²) in [7, 11) is 0. The van der Waals surface area contributed by atoms with E-state index in [-0.39, 0.29) is 18.8 Å². The summed E-state index contributed by atoms with van der Waals surface area (Å²) in [5.74, 6) is -2.13. The normalized spacial score (nSPS) is 10.2. The predicted molar refractivity (Wildman–Crippen MR) is 73.1 cm³/mol. The number of nitrogens with one attached hydrogen (secondary N) is 2. The summed E-state index contributed by atoms with van der Waals surface area (Å²) in [6.45, 7) is -0.215. The van der Waals surface area contributed by atoms with E-state index < -0.39 is 23.4 Å². The van der Waals surface area contributed by atoms with Crippen LogP contribution in [0.15, 0.2) is 42.5 Å². The molecule has 6 heteroatoms. The van der Waals surface area contributed by atoms with Gasteiger partial charge >= 0.3 is 0 Å². The molecule has 21 heavy (non-hydrogen) atoms. The SMILES string of the molecule is O=C(CNc1cc(F)ccc1F)NCc1ccccc1F. The highest BCUT2D eigenvalue weighted by Crippen LogP contribution is 2.14. The number of hydrogen-bond acceptors (Lipinski definition) is 2. The molecule has 0 bridgehead atoms. The van der Waals surface area contributed by atoms with E-state index in [1.807, 2.05) is 0 Å². The van der Waals surface area contributed by atoms with E-state index in [4.69, 9.17) is 0 Å². The van der Waals surface area contributed by atoms with Crippen molar-refractivity contribution in [2.24, 2.45) is 0 Å². The number of amides is 1. The molecular weight excluding hydrogens is 281 g/mol. The van der Waals surface area contributed by atoms with Crippen molar-refractivity contribution >= 4 is 11.6 Å². The molecule has 0 aliphatic heterocycles. The lowest BCUT2D eigenvalue weighted by Gasteiger charge is -2.09. The fourth-order valence-electron chi connectivity index (χ4n) is 1.71. The van der Waals surface area contributed by atoms with Gasteiger partial charge in [-0.3, -0.25) is 4.79 Å². The number of hydrogen-bond donors (Lipinski definition) is 2. The van der Waals surface area contributed by atoms with Crippen LogP contribution in [0.5, 0.6) is 0 Å². The Kier molecular flexibility index (Phi) is 4.81. The van der Waals surface area contributed by atoms with E-state index >= 15 is 0 Å². The average molecular weight is 294 g/mol. The second-order valence-electron chi connectivity index (χ2n) is 4.35. The van der Waals surface area contributed by atoms with Crippen molar-refractivity contribution in [3.05, 3.63) is 65.5 Å². The maximum Gasteiger partial charge on any atom is 0.239 e. The van der Waals surface area contributed by atoms with Gasteiger partial charge in [-0.2, -0.15) is 0 Å². The van der Waals surface area contributed by atoms with Gasteiger partial charge in [-0.05, 0) is 24.3 Å². The minimum Gasteiger partial charge on any atom is -0.374 e. The average Bonchev–Trinajstić information content (AvgIpc) is 2.47. The van der Waals surface area contributed by atoms with Crippen LogP contribution in [0.1, 0.15) is 5.56 Å². The Morgan fingerprint density at radius 2 is 1.76 bits per heavy atom. The summed E-state index contributed by atoms with van der Waals surface area (Å²) < 4.78 is 39.6. The lowest BCUT2D eigenvalue weighted by Crippen LogP contribution is -2.29. The maximum absolute atomic E-state index is 13.3. The first-order chi connectivity index (χ1) is 10.1. The first-order valence-electron chi connectivity index (χ1n) is 6.25. The number of rotatable bonds is 5. The lowest BCUT2D eigenvalue weighted by molar-refractivity contribution is -0.119. The molecule has 2 aromatic rings. The molecule has 0 atom stereocenters. The Balaban J connectivity index is 1.85. The Hall–Kier alpha value is -2.50. The summed E-state index contributed by atoms with van der Waals surface area (Å²) in [6, 6.07) is 8.96. The zero-order chi connectivity index (χ0) is 15.2. The maximum atomic E-state index is 13.3. The number of halogens is 3. The second-order valence-corrected chi connectivity index (χ2v) is 4.35. The van der Waals surface area contributed by atoms with Gasteiger partial charge in [-0.25, -0.2) is 13.2 Å². The lowest BCUT2D eigenvalue weighted by atomic mass is 10.2. The monoisotopic (exact) mass is 294 g/mol. The molecule has 2 aromatic carbocycles. The van der Waals surface area contributed by atoms with Gasteiger partial charge < -0.3 is 10.6 Å². The number of carbonyl (C=O) groups excluding carboxylic acids is 1. The van der Waals surface area contributed by atoms with Crippen LogP contribution in [0.25, 0.3) is 0 Å². The highest BCUT2D eigenvalue weighted by Gasteiger charge is 2.07. The smallest absolute Gasteiger partial charge is 0.239 e. The molecule has 2 N–H and O–H groups in total. The minimum absolute atomic E-state index is 0.0266. The molecule has 0 aromatic heterocycles.